The van der Waals surface area contributed by atoms with E-state index in [1.54, 1.807) is 0 Å². The van der Waals surface area contributed by atoms with Crippen molar-refractivity contribution in [3.63, 3.8) is 0 Å². The second kappa shape index (κ2) is 42.4. The van der Waals surface area contributed by atoms with Crippen LogP contribution in [0.5, 0.6) is 0 Å². The van der Waals surface area contributed by atoms with Crippen LogP contribution in [0.2, 0.25) is 0 Å². The fraction of sp³-hybridized carbons (Fsp3) is 0.714. The molecule has 0 radical (unpaired) electrons. The SMILES string of the molecule is CC\C=C/C=C/C=C/C=C\C=C\C=C\CCCCCC(=O)OC(CCCCCCCCCCCC)CC(=O)NC(CO)C(O)CCCCCCCCCCC. The van der Waals surface area contributed by atoms with Gasteiger partial charge in [-0.3, -0.25) is 9.59 Å². The van der Waals surface area contributed by atoms with Crippen LogP contribution >= 0.6 is 0 Å². The maximum Gasteiger partial charge on any atom is 0.306 e. The van der Waals surface area contributed by atoms with Gasteiger partial charge in [0.05, 0.1) is 25.2 Å². The van der Waals surface area contributed by atoms with Gasteiger partial charge in [0.25, 0.3) is 0 Å². The Balaban J connectivity index is 4.66. The zero-order chi connectivity index (χ0) is 40.3. The zero-order valence-electron chi connectivity index (χ0n) is 35.8. The minimum atomic E-state index is -0.794. The first-order valence-electron chi connectivity index (χ1n) is 22.7. The summed E-state index contributed by atoms with van der Waals surface area (Å²) in [5.41, 5.74) is 0. The Kier molecular flexibility index (Phi) is 40.4. The molecule has 6 nitrogen and oxygen atoms in total. The topological polar surface area (TPSA) is 95.9 Å². The largest absolute Gasteiger partial charge is 0.462 e. The minimum absolute atomic E-state index is 0.0574. The average Bonchev–Trinajstić information content (AvgIpc) is 3.18. The highest BCUT2D eigenvalue weighted by atomic mass is 16.5. The van der Waals surface area contributed by atoms with Crippen molar-refractivity contribution in [1.29, 1.82) is 0 Å². The summed E-state index contributed by atoms with van der Waals surface area (Å²) in [6.45, 7) is 6.28. The normalized spacial score (nSPS) is 14.1. The van der Waals surface area contributed by atoms with E-state index in [1.165, 1.54) is 83.5 Å². The first-order chi connectivity index (χ1) is 27.0. The minimum Gasteiger partial charge on any atom is -0.462 e. The molecule has 0 aromatic heterocycles. The number of rotatable bonds is 39. The predicted molar refractivity (Wildman–Crippen MR) is 236 cm³/mol. The van der Waals surface area contributed by atoms with Crippen LogP contribution in [-0.4, -0.2) is 46.9 Å². The summed E-state index contributed by atoms with van der Waals surface area (Å²) in [6.07, 6.45) is 52.4. The van der Waals surface area contributed by atoms with E-state index in [-0.39, 0.29) is 24.9 Å². The van der Waals surface area contributed by atoms with Crippen LogP contribution in [-0.2, 0) is 14.3 Å². The van der Waals surface area contributed by atoms with Gasteiger partial charge in [-0.1, -0.05) is 216 Å². The Morgan fingerprint density at radius 1 is 0.545 bits per heavy atom. The number of amides is 1. The number of hydrogen-bond acceptors (Lipinski definition) is 5. The molecule has 0 saturated carbocycles. The highest BCUT2D eigenvalue weighted by Gasteiger charge is 2.24. The van der Waals surface area contributed by atoms with Gasteiger partial charge in [-0.25, -0.2) is 0 Å². The first kappa shape index (κ1) is 52.3. The Morgan fingerprint density at radius 2 is 0.982 bits per heavy atom. The number of aliphatic hydroxyl groups is 2. The number of carbonyl (C=O) groups excluding carboxylic acids is 2. The second-order valence-corrected chi connectivity index (χ2v) is 15.2. The molecule has 0 heterocycles. The monoisotopic (exact) mass is 768 g/mol. The molecule has 0 saturated heterocycles. The third-order valence-corrected chi connectivity index (χ3v) is 9.96. The van der Waals surface area contributed by atoms with Crippen molar-refractivity contribution >= 4 is 11.9 Å². The summed E-state index contributed by atoms with van der Waals surface area (Å²) in [7, 11) is 0. The van der Waals surface area contributed by atoms with E-state index < -0.39 is 18.2 Å². The summed E-state index contributed by atoms with van der Waals surface area (Å²) in [4.78, 5) is 25.9. The smallest absolute Gasteiger partial charge is 0.306 e. The lowest BCUT2D eigenvalue weighted by atomic mass is 10.0. The van der Waals surface area contributed by atoms with E-state index in [9.17, 15) is 19.8 Å². The molecule has 6 heteroatoms. The molecule has 0 aliphatic carbocycles. The molecule has 0 fully saturated rings. The number of carbonyl (C=O) groups is 2. The summed E-state index contributed by atoms with van der Waals surface area (Å²) >= 11 is 0. The van der Waals surface area contributed by atoms with Crippen molar-refractivity contribution in [2.75, 3.05) is 6.61 Å². The number of allylic oxidation sites excluding steroid dienone is 12. The Hall–Kier alpha value is -2.70. The van der Waals surface area contributed by atoms with Crippen molar-refractivity contribution in [2.45, 2.75) is 219 Å². The maximum absolute atomic E-state index is 13.1. The van der Waals surface area contributed by atoms with Crippen molar-refractivity contribution in [2.24, 2.45) is 0 Å². The van der Waals surface area contributed by atoms with Crippen molar-refractivity contribution < 1.29 is 24.5 Å². The van der Waals surface area contributed by atoms with Gasteiger partial charge in [-0.05, 0) is 44.9 Å². The lowest BCUT2D eigenvalue weighted by Crippen LogP contribution is -2.46. The van der Waals surface area contributed by atoms with E-state index in [0.29, 0.717) is 19.3 Å². The van der Waals surface area contributed by atoms with Gasteiger partial charge in [0.2, 0.25) is 5.91 Å². The predicted octanol–water partition coefficient (Wildman–Crippen LogP) is 13.1. The van der Waals surface area contributed by atoms with Crippen LogP contribution < -0.4 is 5.32 Å². The fourth-order valence-corrected chi connectivity index (χ4v) is 6.52. The highest BCUT2D eigenvalue weighted by Crippen LogP contribution is 2.17. The van der Waals surface area contributed by atoms with Gasteiger partial charge >= 0.3 is 5.97 Å². The third-order valence-electron chi connectivity index (χ3n) is 9.96. The molecular weight excluding hydrogens is 683 g/mol. The molecular formula is C49H85NO5. The maximum atomic E-state index is 13.1. The molecule has 3 atom stereocenters. The summed E-state index contributed by atoms with van der Waals surface area (Å²) in [5, 5.41) is 23.6. The highest BCUT2D eigenvalue weighted by molar-refractivity contribution is 5.77. The van der Waals surface area contributed by atoms with Crippen molar-refractivity contribution in [3.8, 4) is 0 Å². The standard InChI is InChI=1S/C49H85NO5/c1-4-7-10-13-16-19-21-22-23-24-25-26-27-30-33-36-39-42-49(54)55-45(40-37-34-31-29-20-17-14-11-8-5-2)43-48(53)50-46(44-51)47(52)41-38-35-32-28-18-15-12-9-6-3/h7,10,13,16,19,21-27,45-47,51-52H,4-6,8-9,11-12,14-15,17-18,20,28-44H2,1-3H3,(H,50,53)/b10-7-,16-13+,21-19+,23-22-,25-24+,27-26+. The molecule has 1 amide bonds. The summed E-state index contributed by atoms with van der Waals surface area (Å²) in [6, 6.07) is -0.709. The molecule has 316 valence electrons. The van der Waals surface area contributed by atoms with Crippen LogP contribution in [0.1, 0.15) is 201 Å². The summed E-state index contributed by atoms with van der Waals surface area (Å²) < 4.78 is 5.88. The molecule has 3 N–H and O–H groups in total. The molecule has 0 aliphatic heterocycles. The fourth-order valence-electron chi connectivity index (χ4n) is 6.52. The molecule has 55 heavy (non-hydrogen) atoms. The van der Waals surface area contributed by atoms with Crippen molar-refractivity contribution in [3.05, 3.63) is 72.9 Å². The number of nitrogens with one attached hydrogen (secondary N) is 1. The Bertz CT molecular complexity index is 1040. The van der Waals surface area contributed by atoms with Crippen molar-refractivity contribution in [1.82, 2.24) is 5.32 Å². The number of aliphatic hydroxyl groups excluding tert-OH is 2. The molecule has 0 rings (SSSR count). The number of unbranched alkanes of at least 4 members (excludes halogenated alkanes) is 20. The van der Waals surface area contributed by atoms with Gasteiger partial charge in [-0.2, -0.15) is 0 Å². The van der Waals surface area contributed by atoms with Crippen LogP contribution in [0.25, 0.3) is 0 Å². The lowest BCUT2D eigenvalue weighted by molar-refractivity contribution is -0.151. The average molecular weight is 768 g/mol. The molecule has 0 bridgehead atoms. The van der Waals surface area contributed by atoms with Crippen LogP contribution in [0.15, 0.2) is 72.9 Å². The molecule has 0 aromatic carbocycles. The molecule has 0 aromatic rings. The van der Waals surface area contributed by atoms with Gasteiger partial charge in [0.15, 0.2) is 0 Å². The Labute approximate surface area is 339 Å². The van der Waals surface area contributed by atoms with Gasteiger partial charge in [0.1, 0.15) is 6.10 Å². The zero-order valence-corrected chi connectivity index (χ0v) is 35.8. The number of ether oxygens (including phenoxy) is 1. The van der Waals surface area contributed by atoms with Gasteiger partial charge in [0, 0.05) is 6.42 Å². The van der Waals surface area contributed by atoms with Gasteiger partial charge < -0.3 is 20.3 Å². The molecule has 0 spiro atoms. The third kappa shape index (κ3) is 38.0. The molecule has 3 unspecified atom stereocenters. The van der Waals surface area contributed by atoms with E-state index in [0.717, 1.165) is 70.6 Å². The second-order valence-electron chi connectivity index (χ2n) is 15.2. The first-order valence-corrected chi connectivity index (χ1v) is 22.7. The van der Waals surface area contributed by atoms with Crippen LogP contribution in [0.4, 0.5) is 0 Å². The number of hydrogen-bond donors (Lipinski definition) is 3. The molecule has 0 aliphatic rings. The quantitative estimate of drug-likeness (QED) is 0.0329. The number of esters is 1. The van der Waals surface area contributed by atoms with E-state index >= 15 is 0 Å². The lowest BCUT2D eigenvalue weighted by Gasteiger charge is -2.24. The van der Waals surface area contributed by atoms with Crippen LogP contribution in [0.3, 0.4) is 0 Å². The van der Waals surface area contributed by atoms with E-state index in [4.69, 9.17) is 4.74 Å². The van der Waals surface area contributed by atoms with E-state index in [1.807, 2.05) is 54.7 Å². The van der Waals surface area contributed by atoms with E-state index in [2.05, 4.69) is 44.3 Å². The Morgan fingerprint density at radius 3 is 1.47 bits per heavy atom. The summed E-state index contributed by atoms with van der Waals surface area (Å²) in [5.74, 6) is -0.531. The van der Waals surface area contributed by atoms with Crippen LogP contribution in [0, 0.1) is 0 Å². The van der Waals surface area contributed by atoms with Gasteiger partial charge in [-0.15, -0.1) is 0 Å².